The van der Waals surface area contributed by atoms with Crippen LogP contribution in [-0.4, -0.2) is 30.3 Å². The van der Waals surface area contributed by atoms with Gasteiger partial charge in [-0.2, -0.15) is 0 Å². The number of piperidine rings is 1. The van der Waals surface area contributed by atoms with Crippen molar-refractivity contribution < 1.29 is 4.79 Å². The van der Waals surface area contributed by atoms with Crippen LogP contribution in [0.5, 0.6) is 0 Å². The van der Waals surface area contributed by atoms with Crippen molar-refractivity contribution in [2.45, 2.75) is 38.5 Å². The molecular formula is C17H22BrNO. The van der Waals surface area contributed by atoms with Crippen molar-refractivity contribution in [1.29, 1.82) is 0 Å². The summed E-state index contributed by atoms with van der Waals surface area (Å²) in [7, 11) is 0. The maximum atomic E-state index is 12.4. The summed E-state index contributed by atoms with van der Waals surface area (Å²) < 4.78 is 0.911. The van der Waals surface area contributed by atoms with Gasteiger partial charge in [-0.05, 0) is 50.3 Å². The standard InChI is InChI=1S/C17H22BrNO/c18-15-6-2-1-5-14(15)16(20)13-19-11-9-17(10-12-19)7-3-4-8-17/h1-2,5-6H,3-4,7-13H2. The van der Waals surface area contributed by atoms with Crippen LogP contribution in [0.15, 0.2) is 28.7 Å². The van der Waals surface area contributed by atoms with Crippen molar-refractivity contribution in [3.05, 3.63) is 34.3 Å². The number of carbonyl (C=O) groups excluding carboxylic acids is 1. The molecule has 2 fully saturated rings. The Bertz CT molecular complexity index is 484. The number of likely N-dealkylation sites (tertiary alicyclic amines) is 1. The molecule has 2 nitrogen and oxygen atoms in total. The van der Waals surface area contributed by atoms with E-state index in [2.05, 4.69) is 20.8 Å². The predicted molar refractivity (Wildman–Crippen MR) is 85.0 cm³/mol. The average Bonchev–Trinajstić information content (AvgIpc) is 2.90. The van der Waals surface area contributed by atoms with Crippen molar-refractivity contribution in [2.24, 2.45) is 5.41 Å². The van der Waals surface area contributed by atoms with Crippen LogP contribution in [0, 0.1) is 5.41 Å². The fourth-order valence-electron chi connectivity index (χ4n) is 3.79. The van der Waals surface area contributed by atoms with Crippen LogP contribution < -0.4 is 0 Å². The van der Waals surface area contributed by atoms with Crippen LogP contribution in [-0.2, 0) is 0 Å². The van der Waals surface area contributed by atoms with Gasteiger partial charge >= 0.3 is 0 Å². The number of halogens is 1. The molecule has 0 aromatic heterocycles. The Morgan fingerprint density at radius 1 is 1.10 bits per heavy atom. The molecule has 1 aromatic carbocycles. The second-order valence-electron chi connectivity index (χ2n) is 6.39. The van der Waals surface area contributed by atoms with E-state index >= 15 is 0 Å². The molecule has 2 aliphatic rings. The minimum Gasteiger partial charge on any atom is -0.296 e. The molecule has 0 amide bonds. The maximum absolute atomic E-state index is 12.4. The second kappa shape index (κ2) is 5.98. The molecule has 1 heterocycles. The van der Waals surface area contributed by atoms with Crippen LogP contribution in [0.1, 0.15) is 48.9 Å². The molecule has 1 aliphatic heterocycles. The molecule has 0 bridgehead atoms. The first kappa shape index (κ1) is 14.3. The quantitative estimate of drug-likeness (QED) is 0.768. The van der Waals surface area contributed by atoms with E-state index < -0.39 is 0 Å². The van der Waals surface area contributed by atoms with E-state index in [4.69, 9.17) is 0 Å². The van der Waals surface area contributed by atoms with E-state index in [1.54, 1.807) is 0 Å². The second-order valence-corrected chi connectivity index (χ2v) is 7.24. The third-order valence-electron chi connectivity index (χ3n) is 5.12. The first-order valence-corrected chi connectivity index (χ1v) is 8.48. The van der Waals surface area contributed by atoms with Crippen LogP contribution in [0.25, 0.3) is 0 Å². The molecule has 0 atom stereocenters. The summed E-state index contributed by atoms with van der Waals surface area (Å²) in [6.45, 7) is 2.76. The lowest BCUT2D eigenvalue weighted by Gasteiger charge is -2.39. The predicted octanol–water partition coefficient (Wildman–Crippen LogP) is 4.29. The summed E-state index contributed by atoms with van der Waals surface area (Å²) >= 11 is 3.47. The summed E-state index contributed by atoms with van der Waals surface area (Å²) in [5, 5.41) is 0. The number of carbonyl (C=O) groups is 1. The van der Waals surface area contributed by atoms with Crippen molar-refractivity contribution in [3.8, 4) is 0 Å². The lowest BCUT2D eigenvalue weighted by molar-refractivity contribution is 0.0796. The number of hydrogen-bond donors (Lipinski definition) is 0. The Hall–Kier alpha value is -0.670. The van der Waals surface area contributed by atoms with Crippen molar-refractivity contribution in [1.82, 2.24) is 4.90 Å². The van der Waals surface area contributed by atoms with Crippen molar-refractivity contribution >= 4 is 21.7 Å². The Kier molecular flexibility index (Phi) is 4.27. The minimum atomic E-state index is 0.236. The molecule has 0 N–H and O–H groups in total. The molecule has 1 saturated carbocycles. The summed E-state index contributed by atoms with van der Waals surface area (Å²) in [6, 6.07) is 7.74. The van der Waals surface area contributed by atoms with Gasteiger partial charge in [0.15, 0.2) is 5.78 Å². The highest BCUT2D eigenvalue weighted by atomic mass is 79.9. The highest BCUT2D eigenvalue weighted by Gasteiger charge is 2.37. The third kappa shape index (κ3) is 2.99. The molecule has 0 radical (unpaired) electrons. The van der Waals surface area contributed by atoms with E-state index in [1.165, 1.54) is 38.5 Å². The largest absolute Gasteiger partial charge is 0.296 e. The number of Topliss-reactive ketones (excluding diaryl/α,β-unsaturated/α-hetero) is 1. The van der Waals surface area contributed by atoms with Crippen LogP contribution in [0.4, 0.5) is 0 Å². The molecule has 1 aliphatic carbocycles. The monoisotopic (exact) mass is 335 g/mol. The Labute approximate surface area is 129 Å². The molecule has 20 heavy (non-hydrogen) atoms. The van der Waals surface area contributed by atoms with Gasteiger partial charge in [-0.15, -0.1) is 0 Å². The molecule has 1 aromatic rings. The fraction of sp³-hybridized carbons (Fsp3) is 0.588. The number of rotatable bonds is 3. The molecule has 108 valence electrons. The van der Waals surface area contributed by atoms with Gasteiger partial charge in [0, 0.05) is 10.0 Å². The molecule has 1 saturated heterocycles. The lowest BCUT2D eigenvalue weighted by atomic mass is 9.77. The van der Waals surface area contributed by atoms with Crippen LogP contribution >= 0.6 is 15.9 Å². The summed E-state index contributed by atoms with van der Waals surface area (Å²) in [4.78, 5) is 14.7. The summed E-state index contributed by atoms with van der Waals surface area (Å²) in [5.74, 6) is 0.236. The first-order chi connectivity index (χ1) is 9.69. The molecule has 3 heteroatoms. The Balaban J connectivity index is 1.57. The van der Waals surface area contributed by atoms with Gasteiger partial charge < -0.3 is 0 Å². The van der Waals surface area contributed by atoms with Gasteiger partial charge in [-0.25, -0.2) is 0 Å². The molecule has 3 rings (SSSR count). The van der Waals surface area contributed by atoms with Gasteiger partial charge in [0.2, 0.25) is 0 Å². The normalized spacial score (nSPS) is 22.2. The van der Waals surface area contributed by atoms with Gasteiger partial charge in [0.25, 0.3) is 0 Å². The summed E-state index contributed by atoms with van der Waals surface area (Å²) in [5.41, 5.74) is 1.45. The fourth-order valence-corrected chi connectivity index (χ4v) is 4.29. The third-order valence-corrected chi connectivity index (χ3v) is 5.81. The average molecular weight is 336 g/mol. The molecular weight excluding hydrogens is 314 g/mol. The topological polar surface area (TPSA) is 20.3 Å². The molecule has 1 spiro atoms. The van der Waals surface area contributed by atoms with Gasteiger partial charge in [0.1, 0.15) is 0 Å². The number of benzene rings is 1. The minimum absolute atomic E-state index is 0.236. The van der Waals surface area contributed by atoms with Gasteiger partial charge in [0.05, 0.1) is 6.54 Å². The zero-order valence-electron chi connectivity index (χ0n) is 11.9. The number of hydrogen-bond acceptors (Lipinski definition) is 2. The van der Waals surface area contributed by atoms with Gasteiger partial charge in [-0.3, -0.25) is 9.69 Å². The smallest absolute Gasteiger partial charge is 0.177 e. The highest BCUT2D eigenvalue weighted by molar-refractivity contribution is 9.10. The Morgan fingerprint density at radius 3 is 2.40 bits per heavy atom. The molecule has 0 unspecified atom stereocenters. The van der Waals surface area contributed by atoms with Crippen LogP contribution in [0.2, 0.25) is 0 Å². The first-order valence-electron chi connectivity index (χ1n) is 7.69. The van der Waals surface area contributed by atoms with Gasteiger partial charge in [-0.1, -0.05) is 47.0 Å². The van der Waals surface area contributed by atoms with E-state index in [0.29, 0.717) is 12.0 Å². The van der Waals surface area contributed by atoms with E-state index in [9.17, 15) is 4.79 Å². The highest BCUT2D eigenvalue weighted by Crippen LogP contribution is 2.46. The SMILES string of the molecule is O=C(CN1CCC2(CCCC2)CC1)c1ccccc1Br. The zero-order valence-corrected chi connectivity index (χ0v) is 13.5. The van der Waals surface area contributed by atoms with E-state index in [0.717, 1.165) is 23.1 Å². The van der Waals surface area contributed by atoms with Crippen molar-refractivity contribution in [3.63, 3.8) is 0 Å². The summed E-state index contributed by atoms with van der Waals surface area (Å²) in [6.07, 6.45) is 8.23. The number of ketones is 1. The maximum Gasteiger partial charge on any atom is 0.177 e. The number of nitrogens with zero attached hydrogens (tertiary/aromatic N) is 1. The Morgan fingerprint density at radius 2 is 1.75 bits per heavy atom. The van der Waals surface area contributed by atoms with Crippen LogP contribution in [0.3, 0.4) is 0 Å². The zero-order chi connectivity index (χ0) is 14.0. The lowest BCUT2D eigenvalue weighted by Crippen LogP contribution is -2.41. The van der Waals surface area contributed by atoms with E-state index in [-0.39, 0.29) is 5.78 Å². The van der Waals surface area contributed by atoms with Crippen molar-refractivity contribution in [2.75, 3.05) is 19.6 Å². The van der Waals surface area contributed by atoms with E-state index in [1.807, 2.05) is 24.3 Å².